The smallest absolute Gasteiger partial charge is 0.257 e. The van der Waals surface area contributed by atoms with E-state index in [1.54, 1.807) is 6.20 Å². The molecule has 0 saturated carbocycles. The molecule has 2 rings (SSSR count). The summed E-state index contributed by atoms with van der Waals surface area (Å²) in [5.41, 5.74) is 2.60. The minimum Gasteiger partial charge on any atom is -0.388 e. The molecule has 1 heterocycles. The number of nitrogens with zero attached hydrogens (tertiary/aromatic N) is 1. The fraction of sp³-hybridized carbons (Fsp3) is 0.231. The number of anilines is 2. The molecule has 0 aliphatic carbocycles. The van der Waals surface area contributed by atoms with Gasteiger partial charge in [0.15, 0.2) is 5.13 Å². The van der Waals surface area contributed by atoms with Gasteiger partial charge in [0.25, 0.3) is 5.91 Å². The van der Waals surface area contributed by atoms with Crippen LogP contribution in [0, 0.1) is 13.8 Å². The number of carbonyl (C=O) groups excluding carboxylic acids is 1. The largest absolute Gasteiger partial charge is 0.388 e. The number of nitrogens with one attached hydrogen (secondary N) is 2. The zero-order chi connectivity index (χ0) is 13.1. The van der Waals surface area contributed by atoms with Gasteiger partial charge in [0.1, 0.15) is 0 Å². The molecule has 0 unspecified atom stereocenters. The van der Waals surface area contributed by atoms with E-state index in [1.165, 1.54) is 11.3 Å². The van der Waals surface area contributed by atoms with Gasteiger partial charge in [-0.25, -0.2) is 4.98 Å². The average molecular weight is 261 g/mol. The minimum atomic E-state index is -0.121. The molecule has 1 amide bonds. The highest BCUT2D eigenvalue weighted by Crippen LogP contribution is 2.19. The van der Waals surface area contributed by atoms with Gasteiger partial charge in [-0.15, -0.1) is 11.3 Å². The van der Waals surface area contributed by atoms with Gasteiger partial charge in [-0.3, -0.25) is 10.1 Å². The molecule has 1 aromatic heterocycles. The minimum absolute atomic E-state index is 0.121. The van der Waals surface area contributed by atoms with Crippen molar-refractivity contribution in [3.63, 3.8) is 0 Å². The molecule has 2 aromatic rings. The summed E-state index contributed by atoms with van der Waals surface area (Å²) in [6.45, 7) is 3.88. The maximum absolute atomic E-state index is 12.1. The van der Waals surface area contributed by atoms with E-state index in [1.807, 2.05) is 39.1 Å². The van der Waals surface area contributed by atoms with E-state index in [4.69, 9.17) is 0 Å². The summed E-state index contributed by atoms with van der Waals surface area (Å²) in [6, 6.07) is 5.65. The third-order valence-corrected chi connectivity index (χ3v) is 3.43. The lowest BCUT2D eigenvalue weighted by molar-refractivity contribution is 0.102. The normalized spacial score (nSPS) is 10.2. The Labute approximate surface area is 110 Å². The number of amides is 1. The van der Waals surface area contributed by atoms with Crippen LogP contribution in [-0.2, 0) is 0 Å². The first-order valence-electron chi connectivity index (χ1n) is 5.62. The summed E-state index contributed by atoms with van der Waals surface area (Å²) >= 11 is 1.47. The van der Waals surface area contributed by atoms with Gasteiger partial charge in [0.2, 0.25) is 0 Å². The van der Waals surface area contributed by atoms with Crippen LogP contribution in [0.5, 0.6) is 0 Å². The number of carbonyl (C=O) groups is 1. The summed E-state index contributed by atoms with van der Waals surface area (Å²) in [4.78, 5) is 17.3. The number of thiazole rings is 1. The van der Waals surface area contributed by atoms with Crippen LogP contribution in [0.3, 0.4) is 0 Å². The van der Waals surface area contributed by atoms with Crippen molar-refractivity contribution in [3.8, 4) is 0 Å². The molecule has 0 aliphatic heterocycles. The molecule has 0 spiro atoms. The number of rotatable bonds is 3. The zero-order valence-corrected chi connectivity index (χ0v) is 11.4. The van der Waals surface area contributed by atoms with Crippen LogP contribution >= 0.6 is 11.3 Å². The molecule has 94 valence electrons. The van der Waals surface area contributed by atoms with E-state index in [0.717, 1.165) is 16.1 Å². The van der Waals surface area contributed by atoms with Crippen molar-refractivity contribution in [3.05, 3.63) is 40.4 Å². The Hall–Kier alpha value is -1.88. The van der Waals surface area contributed by atoms with E-state index in [-0.39, 0.29) is 5.91 Å². The van der Waals surface area contributed by atoms with Crippen LogP contribution in [-0.4, -0.2) is 17.9 Å². The third kappa shape index (κ3) is 2.68. The molecule has 0 fully saturated rings. The van der Waals surface area contributed by atoms with E-state index >= 15 is 0 Å². The summed E-state index contributed by atoms with van der Waals surface area (Å²) in [7, 11) is 1.85. The molecule has 0 saturated heterocycles. The summed E-state index contributed by atoms with van der Waals surface area (Å²) < 4.78 is 0. The number of aromatic nitrogens is 1. The molecule has 0 radical (unpaired) electrons. The lowest BCUT2D eigenvalue weighted by Crippen LogP contribution is -2.13. The Balaban J connectivity index is 2.18. The van der Waals surface area contributed by atoms with Crippen molar-refractivity contribution in [1.82, 2.24) is 4.98 Å². The molecule has 0 aliphatic rings. The Morgan fingerprint density at radius 3 is 2.67 bits per heavy atom. The number of benzene rings is 1. The second-order valence-electron chi connectivity index (χ2n) is 4.01. The maximum atomic E-state index is 12.1. The molecule has 5 heteroatoms. The number of hydrogen-bond acceptors (Lipinski definition) is 4. The monoisotopic (exact) mass is 261 g/mol. The van der Waals surface area contributed by atoms with Gasteiger partial charge in [0, 0.05) is 29.4 Å². The predicted octanol–water partition coefficient (Wildman–Crippen LogP) is 3.05. The van der Waals surface area contributed by atoms with E-state index < -0.39 is 0 Å². The molecule has 1 aromatic carbocycles. The van der Waals surface area contributed by atoms with E-state index in [9.17, 15) is 4.79 Å². The van der Waals surface area contributed by atoms with Crippen molar-refractivity contribution in [2.75, 3.05) is 17.7 Å². The standard InChI is InChI=1S/C13H15N3OS/c1-8-6-10(14-3)4-5-11(8)12(17)16-13-15-7-9(2)18-13/h4-7,14H,1-3H3,(H,15,16,17). The predicted molar refractivity (Wildman–Crippen MR) is 75.5 cm³/mol. The first-order valence-corrected chi connectivity index (χ1v) is 6.44. The maximum Gasteiger partial charge on any atom is 0.257 e. The fourth-order valence-electron chi connectivity index (χ4n) is 1.65. The van der Waals surface area contributed by atoms with E-state index in [2.05, 4.69) is 15.6 Å². The van der Waals surface area contributed by atoms with Gasteiger partial charge >= 0.3 is 0 Å². The fourth-order valence-corrected chi connectivity index (χ4v) is 2.31. The van der Waals surface area contributed by atoms with Crippen molar-refractivity contribution in [2.24, 2.45) is 0 Å². The highest BCUT2D eigenvalue weighted by molar-refractivity contribution is 7.15. The highest BCUT2D eigenvalue weighted by Gasteiger charge is 2.11. The zero-order valence-electron chi connectivity index (χ0n) is 10.6. The van der Waals surface area contributed by atoms with Crippen molar-refractivity contribution in [2.45, 2.75) is 13.8 Å². The molecule has 2 N–H and O–H groups in total. The second-order valence-corrected chi connectivity index (χ2v) is 5.24. The van der Waals surface area contributed by atoms with Crippen molar-refractivity contribution >= 4 is 28.1 Å². The van der Waals surface area contributed by atoms with Gasteiger partial charge in [-0.1, -0.05) is 0 Å². The van der Waals surface area contributed by atoms with Gasteiger partial charge in [-0.05, 0) is 37.6 Å². The van der Waals surface area contributed by atoms with Crippen LogP contribution in [0.4, 0.5) is 10.8 Å². The Bertz CT molecular complexity index is 577. The molecule has 0 bridgehead atoms. The third-order valence-electron chi connectivity index (χ3n) is 2.60. The van der Waals surface area contributed by atoms with Gasteiger partial charge in [-0.2, -0.15) is 0 Å². The molecular weight excluding hydrogens is 246 g/mol. The quantitative estimate of drug-likeness (QED) is 0.892. The topological polar surface area (TPSA) is 54.0 Å². The average Bonchev–Trinajstić information content (AvgIpc) is 2.74. The Morgan fingerprint density at radius 1 is 1.33 bits per heavy atom. The molecule has 18 heavy (non-hydrogen) atoms. The van der Waals surface area contributed by atoms with Crippen LogP contribution in [0.15, 0.2) is 24.4 Å². The lowest BCUT2D eigenvalue weighted by atomic mass is 10.1. The molecule has 4 nitrogen and oxygen atoms in total. The Kier molecular flexibility index (Phi) is 3.62. The lowest BCUT2D eigenvalue weighted by Gasteiger charge is -2.07. The summed E-state index contributed by atoms with van der Waals surface area (Å²) in [6.07, 6.45) is 1.75. The summed E-state index contributed by atoms with van der Waals surface area (Å²) in [5.74, 6) is -0.121. The van der Waals surface area contributed by atoms with Gasteiger partial charge < -0.3 is 5.32 Å². The highest BCUT2D eigenvalue weighted by atomic mass is 32.1. The Morgan fingerprint density at radius 2 is 2.11 bits per heavy atom. The second kappa shape index (κ2) is 5.18. The van der Waals surface area contributed by atoms with Crippen molar-refractivity contribution in [1.29, 1.82) is 0 Å². The first-order chi connectivity index (χ1) is 8.60. The SMILES string of the molecule is CNc1ccc(C(=O)Nc2ncc(C)s2)c(C)c1. The van der Waals surface area contributed by atoms with Crippen LogP contribution in [0.25, 0.3) is 0 Å². The van der Waals surface area contributed by atoms with Crippen LogP contribution in [0.1, 0.15) is 20.8 Å². The van der Waals surface area contributed by atoms with E-state index in [0.29, 0.717) is 10.7 Å². The number of aryl methyl sites for hydroxylation is 2. The number of hydrogen-bond donors (Lipinski definition) is 2. The first kappa shape index (κ1) is 12.6. The summed E-state index contributed by atoms with van der Waals surface area (Å²) in [5, 5.41) is 6.48. The van der Waals surface area contributed by atoms with Crippen LogP contribution < -0.4 is 10.6 Å². The van der Waals surface area contributed by atoms with Gasteiger partial charge in [0.05, 0.1) is 0 Å². The molecule has 0 atom stereocenters. The van der Waals surface area contributed by atoms with Crippen LogP contribution in [0.2, 0.25) is 0 Å². The molecular formula is C13H15N3OS. The van der Waals surface area contributed by atoms with Crippen molar-refractivity contribution < 1.29 is 4.79 Å².